The van der Waals surface area contributed by atoms with Crippen LogP contribution in [0.15, 0.2) is 54.9 Å². The average molecular weight is 476 g/mol. The van der Waals surface area contributed by atoms with E-state index in [2.05, 4.69) is 25.6 Å². The number of nitrogens with one attached hydrogen (secondary N) is 4. The Morgan fingerprint density at radius 1 is 1.03 bits per heavy atom. The second-order valence-electron chi connectivity index (χ2n) is 9.08. The second-order valence-corrected chi connectivity index (χ2v) is 9.08. The van der Waals surface area contributed by atoms with Crippen LogP contribution < -0.4 is 15.4 Å². The van der Waals surface area contributed by atoms with E-state index in [9.17, 15) is 9.59 Å². The van der Waals surface area contributed by atoms with Gasteiger partial charge in [-0.3, -0.25) is 0 Å². The number of amides is 2. The molecular weight excluding hydrogens is 446 g/mol. The van der Waals surface area contributed by atoms with Gasteiger partial charge in [-0.15, -0.1) is 0 Å². The Morgan fingerprint density at radius 3 is 2.46 bits per heavy atom. The number of H-pyrrole nitrogens is 2. The maximum absolute atomic E-state index is 12.9. The number of esters is 1. The van der Waals surface area contributed by atoms with Crippen molar-refractivity contribution in [2.45, 2.75) is 32.6 Å². The summed E-state index contributed by atoms with van der Waals surface area (Å²) in [5.74, 6) is 1.01. The molecule has 2 amide bonds. The molecule has 9 heteroatoms. The molecule has 0 spiro atoms. The molecule has 2 heterocycles. The lowest BCUT2D eigenvalue weighted by Crippen LogP contribution is -2.21. The van der Waals surface area contributed by atoms with Crippen molar-refractivity contribution < 1.29 is 19.1 Å². The number of rotatable bonds is 7. The molecule has 182 valence electrons. The molecule has 9 nitrogen and oxygen atoms in total. The summed E-state index contributed by atoms with van der Waals surface area (Å²) in [4.78, 5) is 35.5. The lowest BCUT2D eigenvalue weighted by Gasteiger charge is -2.15. The molecule has 0 radical (unpaired) electrons. The lowest BCUT2D eigenvalue weighted by molar-refractivity contribution is 0.0595. The highest BCUT2D eigenvalue weighted by Crippen LogP contribution is 2.32. The minimum Gasteiger partial charge on any atom is -0.492 e. The number of urea groups is 1. The summed E-state index contributed by atoms with van der Waals surface area (Å²) >= 11 is 0. The van der Waals surface area contributed by atoms with Gasteiger partial charge in [0.25, 0.3) is 0 Å². The first-order valence-electron chi connectivity index (χ1n) is 11.3. The summed E-state index contributed by atoms with van der Waals surface area (Å²) in [7, 11) is 1.30. The van der Waals surface area contributed by atoms with Crippen molar-refractivity contribution in [3.8, 4) is 5.75 Å². The maximum atomic E-state index is 12.9. The third-order valence-corrected chi connectivity index (χ3v) is 5.55. The first-order valence-corrected chi connectivity index (χ1v) is 11.3. The van der Waals surface area contributed by atoms with Crippen LogP contribution in [0.4, 0.5) is 16.2 Å². The monoisotopic (exact) mass is 475 g/mol. The average Bonchev–Trinajstić information content (AvgIpc) is 3.50. The molecule has 2 aromatic heterocycles. The van der Waals surface area contributed by atoms with Crippen LogP contribution >= 0.6 is 0 Å². The summed E-state index contributed by atoms with van der Waals surface area (Å²) in [5.41, 5.74) is 1.71. The van der Waals surface area contributed by atoms with Gasteiger partial charge in [-0.25, -0.2) is 14.6 Å². The highest BCUT2D eigenvalue weighted by Gasteiger charge is 2.24. The van der Waals surface area contributed by atoms with Gasteiger partial charge in [0.15, 0.2) is 0 Å². The topological polar surface area (TPSA) is 121 Å². The van der Waals surface area contributed by atoms with E-state index in [1.54, 1.807) is 24.5 Å². The van der Waals surface area contributed by atoms with Crippen molar-refractivity contribution in [3.63, 3.8) is 0 Å². The number of benzene rings is 2. The van der Waals surface area contributed by atoms with Gasteiger partial charge in [0.1, 0.15) is 17.3 Å². The molecule has 0 saturated heterocycles. The first-order chi connectivity index (χ1) is 16.8. The minimum absolute atomic E-state index is 0.192. The van der Waals surface area contributed by atoms with Crippen LogP contribution in [0, 0.1) is 0 Å². The molecule has 4 N–H and O–H groups in total. The summed E-state index contributed by atoms with van der Waals surface area (Å²) in [6, 6.07) is 12.6. The van der Waals surface area contributed by atoms with Crippen molar-refractivity contribution in [3.05, 3.63) is 72.1 Å². The number of ether oxygens (including phenoxy) is 2. The van der Waals surface area contributed by atoms with E-state index in [0.29, 0.717) is 30.2 Å². The number of nitrogens with zero attached hydrogens (tertiary/aromatic N) is 1. The number of anilines is 2. The zero-order valence-corrected chi connectivity index (χ0v) is 20.2. The van der Waals surface area contributed by atoms with E-state index in [0.717, 1.165) is 22.3 Å². The third-order valence-electron chi connectivity index (χ3n) is 5.55. The normalized spacial score (nSPS) is 11.3. The number of hydrogen-bond acceptors (Lipinski definition) is 5. The lowest BCUT2D eigenvalue weighted by atomic mass is 9.92. The van der Waals surface area contributed by atoms with E-state index in [4.69, 9.17) is 9.47 Å². The van der Waals surface area contributed by atoms with Crippen LogP contribution in [0.5, 0.6) is 5.75 Å². The fourth-order valence-electron chi connectivity index (χ4n) is 3.69. The largest absolute Gasteiger partial charge is 0.492 e. The molecule has 4 aromatic rings. The maximum Gasteiger partial charge on any atom is 0.356 e. The van der Waals surface area contributed by atoms with Crippen molar-refractivity contribution in [1.82, 2.24) is 15.0 Å². The molecule has 4 rings (SSSR count). The minimum atomic E-state index is -0.558. The molecule has 0 aliphatic carbocycles. The van der Waals surface area contributed by atoms with Crippen LogP contribution in [0.1, 0.15) is 42.8 Å². The molecule has 2 aromatic carbocycles. The van der Waals surface area contributed by atoms with Gasteiger partial charge in [0, 0.05) is 40.7 Å². The Labute approximate surface area is 203 Å². The Balaban J connectivity index is 1.52. The SMILES string of the molecule is COC(=O)c1[nH]c(C(C)(C)C)cc1NC(=O)Nc1ccc(OCCc2ncc[nH]2)c2ccccc12. The predicted molar refractivity (Wildman–Crippen MR) is 135 cm³/mol. The van der Waals surface area contributed by atoms with Crippen molar-refractivity contribution in [1.29, 1.82) is 0 Å². The number of carbonyl (C=O) groups excluding carboxylic acids is 2. The first kappa shape index (κ1) is 23.9. The molecule has 0 bridgehead atoms. The molecule has 0 unspecified atom stereocenters. The zero-order chi connectivity index (χ0) is 25.0. The van der Waals surface area contributed by atoms with E-state index >= 15 is 0 Å². The quantitative estimate of drug-likeness (QED) is 0.272. The van der Waals surface area contributed by atoms with Crippen LogP contribution in [-0.2, 0) is 16.6 Å². The third kappa shape index (κ3) is 5.46. The van der Waals surface area contributed by atoms with Crippen LogP contribution in [0.2, 0.25) is 0 Å². The number of carbonyl (C=O) groups is 2. The molecule has 0 saturated carbocycles. The standard InChI is InChI=1S/C26H29N5O4/c1-26(2,3)21-15-19(23(31-21)24(32)34-4)30-25(33)29-18-9-10-20(17-8-6-5-7-16(17)18)35-14-11-22-27-12-13-28-22/h5-10,12-13,15,31H,11,14H2,1-4H3,(H,27,28)(H2,29,30,33). The number of aromatic nitrogens is 3. The van der Waals surface area contributed by atoms with Gasteiger partial charge in [0.05, 0.1) is 25.1 Å². The summed E-state index contributed by atoms with van der Waals surface area (Å²) in [6.07, 6.45) is 4.14. The summed E-state index contributed by atoms with van der Waals surface area (Å²) in [5, 5.41) is 7.36. The Kier molecular flexibility index (Phi) is 6.77. The number of aromatic amines is 2. The van der Waals surface area contributed by atoms with E-state index in [-0.39, 0.29) is 11.1 Å². The Hall–Kier alpha value is -4.27. The zero-order valence-electron chi connectivity index (χ0n) is 20.2. The van der Waals surface area contributed by atoms with E-state index < -0.39 is 12.0 Å². The number of hydrogen-bond donors (Lipinski definition) is 4. The van der Waals surface area contributed by atoms with Crippen molar-refractivity contribution in [2.75, 3.05) is 24.4 Å². The Morgan fingerprint density at radius 2 is 1.77 bits per heavy atom. The molecule has 0 fully saturated rings. The number of fused-ring (bicyclic) bond motifs is 1. The smallest absolute Gasteiger partial charge is 0.356 e. The second kappa shape index (κ2) is 9.92. The van der Waals surface area contributed by atoms with Crippen molar-refractivity contribution in [2.24, 2.45) is 0 Å². The summed E-state index contributed by atoms with van der Waals surface area (Å²) in [6.45, 7) is 6.49. The van der Waals surface area contributed by atoms with E-state index in [1.165, 1.54) is 7.11 Å². The van der Waals surface area contributed by atoms with Gasteiger partial charge < -0.3 is 30.1 Å². The number of imidazole rings is 1. The highest BCUT2D eigenvalue weighted by molar-refractivity contribution is 6.09. The molecule has 0 atom stereocenters. The van der Waals surface area contributed by atoms with Crippen LogP contribution in [0.3, 0.4) is 0 Å². The van der Waals surface area contributed by atoms with Crippen molar-refractivity contribution >= 4 is 34.1 Å². The fraction of sp³-hybridized carbons (Fsp3) is 0.269. The molecule has 0 aliphatic rings. The predicted octanol–water partition coefficient (Wildman–Crippen LogP) is 5.24. The molecule has 0 aliphatic heterocycles. The Bertz CT molecular complexity index is 1340. The van der Waals surface area contributed by atoms with Gasteiger partial charge >= 0.3 is 12.0 Å². The fourth-order valence-corrected chi connectivity index (χ4v) is 3.69. The van der Waals surface area contributed by atoms with E-state index in [1.807, 2.05) is 51.1 Å². The summed E-state index contributed by atoms with van der Waals surface area (Å²) < 4.78 is 10.9. The molecular formula is C26H29N5O4. The highest BCUT2D eigenvalue weighted by atomic mass is 16.5. The number of methoxy groups -OCH3 is 1. The molecule has 35 heavy (non-hydrogen) atoms. The van der Waals surface area contributed by atoms with Crippen LogP contribution in [0.25, 0.3) is 10.8 Å². The van der Waals surface area contributed by atoms with Gasteiger partial charge in [-0.1, -0.05) is 45.0 Å². The van der Waals surface area contributed by atoms with Gasteiger partial charge in [0.2, 0.25) is 0 Å². The van der Waals surface area contributed by atoms with Crippen LogP contribution in [-0.4, -0.2) is 40.7 Å². The van der Waals surface area contributed by atoms with Gasteiger partial charge in [-0.05, 0) is 18.2 Å². The van der Waals surface area contributed by atoms with Gasteiger partial charge in [-0.2, -0.15) is 0 Å².